The normalized spacial score (nSPS) is 11.3. The van der Waals surface area contributed by atoms with Gasteiger partial charge in [-0.05, 0) is 23.6 Å². The number of nitrogens with zero attached hydrogens (tertiary/aromatic N) is 3. The van der Waals surface area contributed by atoms with Gasteiger partial charge in [0.15, 0.2) is 5.65 Å². The van der Waals surface area contributed by atoms with E-state index in [1.807, 2.05) is 37.4 Å². The number of aryl methyl sites for hydroxylation is 2. The van der Waals surface area contributed by atoms with Gasteiger partial charge in [0.25, 0.3) is 5.56 Å². The van der Waals surface area contributed by atoms with Gasteiger partial charge in [-0.15, -0.1) is 0 Å². The second-order valence-electron chi connectivity index (χ2n) is 7.40. The van der Waals surface area contributed by atoms with Crippen molar-refractivity contribution in [1.29, 1.82) is 0 Å². The van der Waals surface area contributed by atoms with E-state index in [1.165, 1.54) is 11.6 Å². The molecule has 1 aromatic carbocycles. The Balaban J connectivity index is 1.80. The third-order valence-corrected chi connectivity index (χ3v) is 5.36. The number of para-hydroxylation sites is 1. The van der Waals surface area contributed by atoms with Crippen molar-refractivity contribution in [3.8, 4) is 0 Å². The van der Waals surface area contributed by atoms with E-state index < -0.39 is 11.2 Å². The summed E-state index contributed by atoms with van der Waals surface area (Å²) in [7, 11) is 2.99. The summed E-state index contributed by atoms with van der Waals surface area (Å²) in [6, 6.07) is 7.78. The third kappa shape index (κ3) is 3.20. The molecule has 0 aliphatic heterocycles. The number of aromatic nitrogens is 4. The van der Waals surface area contributed by atoms with Crippen LogP contribution in [0.1, 0.15) is 24.5 Å². The van der Waals surface area contributed by atoms with Crippen molar-refractivity contribution in [2.75, 3.05) is 5.32 Å². The number of pyridine rings is 1. The second kappa shape index (κ2) is 7.62. The number of aromatic amines is 1. The number of amides is 1. The van der Waals surface area contributed by atoms with E-state index >= 15 is 0 Å². The minimum Gasteiger partial charge on any atom is -0.361 e. The first-order valence-corrected chi connectivity index (χ1v) is 9.84. The molecule has 3 aromatic heterocycles. The van der Waals surface area contributed by atoms with Crippen LogP contribution in [-0.2, 0) is 31.7 Å². The molecule has 0 fully saturated rings. The summed E-state index contributed by atoms with van der Waals surface area (Å²) in [5.74, 6) is -0.236. The molecule has 0 spiro atoms. The van der Waals surface area contributed by atoms with E-state index in [9.17, 15) is 14.4 Å². The number of nitrogens with one attached hydrogen (secondary N) is 2. The van der Waals surface area contributed by atoms with E-state index in [0.717, 1.165) is 33.0 Å². The van der Waals surface area contributed by atoms with Crippen LogP contribution in [0.2, 0.25) is 0 Å². The first kappa shape index (κ1) is 19.6. The summed E-state index contributed by atoms with van der Waals surface area (Å²) in [6.07, 6.45) is 5.09. The van der Waals surface area contributed by atoms with Gasteiger partial charge in [0.2, 0.25) is 5.91 Å². The molecule has 4 aromatic rings. The summed E-state index contributed by atoms with van der Waals surface area (Å²) in [4.78, 5) is 45.6. The molecule has 3 heterocycles. The fourth-order valence-corrected chi connectivity index (χ4v) is 3.80. The molecule has 154 valence electrons. The van der Waals surface area contributed by atoms with Crippen LogP contribution in [0.15, 0.2) is 46.2 Å². The van der Waals surface area contributed by atoms with Crippen LogP contribution >= 0.6 is 0 Å². The zero-order chi connectivity index (χ0) is 21.4. The topological polar surface area (TPSA) is 102 Å². The first-order chi connectivity index (χ1) is 14.4. The Bertz CT molecular complexity index is 1390. The Morgan fingerprint density at radius 2 is 1.90 bits per heavy atom. The molecule has 1 amide bonds. The summed E-state index contributed by atoms with van der Waals surface area (Å²) in [5, 5.41) is 4.17. The molecule has 0 aliphatic rings. The molecule has 0 atom stereocenters. The molecular weight excluding hydrogens is 382 g/mol. The lowest BCUT2D eigenvalue weighted by Gasteiger charge is -2.15. The Morgan fingerprint density at radius 3 is 2.67 bits per heavy atom. The lowest BCUT2D eigenvalue weighted by atomic mass is 10.1. The highest BCUT2D eigenvalue weighted by Gasteiger charge is 2.19. The van der Waals surface area contributed by atoms with E-state index in [2.05, 4.69) is 15.3 Å². The number of carbonyl (C=O) groups excluding carboxylic acids is 1. The predicted molar refractivity (Wildman–Crippen MR) is 117 cm³/mol. The minimum absolute atomic E-state index is 0.158. The van der Waals surface area contributed by atoms with Crippen LogP contribution < -0.4 is 16.6 Å². The van der Waals surface area contributed by atoms with Gasteiger partial charge < -0.3 is 10.3 Å². The molecule has 0 unspecified atom stereocenters. The number of hydrogen-bond acceptors (Lipinski definition) is 4. The van der Waals surface area contributed by atoms with Crippen LogP contribution in [0.5, 0.6) is 0 Å². The highest BCUT2D eigenvalue weighted by atomic mass is 16.2. The van der Waals surface area contributed by atoms with Crippen molar-refractivity contribution < 1.29 is 4.79 Å². The second-order valence-corrected chi connectivity index (χ2v) is 7.40. The zero-order valence-corrected chi connectivity index (χ0v) is 17.2. The number of benzene rings is 1. The fourth-order valence-electron chi connectivity index (χ4n) is 3.80. The van der Waals surface area contributed by atoms with Gasteiger partial charge in [-0.2, -0.15) is 0 Å². The number of hydrogen-bond donors (Lipinski definition) is 2. The van der Waals surface area contributed by atoms with Gasteiger partial charge in [0.1, 0.15) is 5.39 Å². The molecule has 0 radical (unpaired) electrons. The number of carbonyl (C=O) groups is 1. The SMILES string of the molecule is CCCc1cnc2c(c1NC(=O)Cc1c[nH]c3ccccc13)c(=O)n(C)c(=O)n2C. The van der Waals surface area contributed by atoms with E-state index in [0.29, 0.717) is 12.1 Å². The number of anilines is 1. The van der Waals surface area contributed by atoms with Gasteiger partial charge in [0, 0.05) is 37.4 Å². The highest BCUT2D eigenvalue weighted by Crippen LogP contribution is 2.25. The van der Waals surface area contributed by atoms with Gasteiger partial charge in [-0.3, -0.25) is 18.7 Å². The number of fused-ring (bicyclic) bond motifs is 2. The first-order valence-electron chi connectivity index (χ1n) is 9.84. The minimum atomic E-state index is -0.471. The largest absolute Gasteiger partial charge is 0.361 e. The Labute approximate surface area is 172 Å². The van der Waals surface area contributed by atoms with Crippen molar-refractivity contribution in [1.82, 2.24) is 19.1 Å². The molecule has 4 rings (SSSR count). The third-order valence-electron chi connectivity index (χ3n) is 5.36. The van der Waals surface area contributed by atoms with Crippen molar-refractivity contribution in [3.05, 3.63) is 68.6 Å². The van der Waals surface area contributed by atoms with Gasteiger partial charge in [-0.1, -0.05) is 31.5 Å². The Hall–Kier alpha value is -3.68. The van der Waals surface area contributed by atoms with Crippen molar-refractivity contribution in [3.63, 3.8) is 0 Å². The Morgan fingerprint density at radius 1 is 1.13 bits per heavy atom. The van der Waals surface area contributed by atoms with E-state index in [4.69, 9.17) is 0 Å². The summed E-state index contributed by atoms with van der Waals surface area (Å²) in [5.41, 5.74) is 2.37. The quantitative estimate of drug-likeness (QED) is 0.532. The standard InChI is InChI=1S/C22H23N5O3/c1-4-7-13-11-24-20-18(21(29)27(3)22(30)26(20)2)19(13)25-17(28)10-14-12-23-16-9-6-5-8-15(14)16/h5-6,8-9,11-12,23H,4,7,10H2,1-3H3,(H,24,25,28). The summed E-state index contributed by atoms with van der Waals surface area (Å²) in [6.45, 7) is 2.01. The summed E-state index contributed by atoms with van der Waals surface area (Å²) >= 11 is 0. The Kier molecular flexibility index (Phi) is 4.99. The molecule has 8 nitrogen and oxygen atoms in total. The maximum Gasteiger partial charge on any atom is 0.332 e. The smallest absolute Gasteiger partial charge is 0.332 e. The molecule has 0 aliphatic carbocycles. The number of rotatable bonds is 5. The van der Waals surface area contributed by atoms with Crippen LogP contribution in [0.3, 0.4) is 0 Å². The average Bonchev–Trinajstić information content (AvgIpc) is 3.14. The van der Waals surface area contributed by atoms with Crippen LogP contribution in [0.4, 0.5) is 5.69 Å². The molecule has 0 saturated carbocycles. The lowest BCUT2D eigenvalue weighted by molar-refractivity contribution is -0.115. The maximum absolute atomic E-state index is 12.9. The van der Waals surface area contributed by atoms with Crippen molar-refractivity contribution in [2.24, 2.45) is 14.1 Å². The van der Waals surface area contributed by atoms with Crippen molar-refractivity contribution >= 4 is 33.5 Å². The van der Waals surface area contributed by atoms with E-state index in [1.54, 1.807) is 13.2 Å². The molecular formula is C22H23N5O3. The van der Waals surface area contributed by atoms with Crippen LogP contribution in [-0.4, -0.2) is 25.0 Å². The monoisotopic (exact) mass is 405 g/mol. The highest BCUT2D eigenvalue weighted by molar-refractivity contribution is 6.02. The molecule has 8 heteroatoms. The lowest BCUT2D eigenvalue weighted by Crippen LogP contribution is -2.38. The van der Waals surface area contributed by atoms with Gasteiger partial charge in [0.05, 0.1) is 12.1 Å². The molecule has 0 bridgehead atoms. The van der Waals surface area contributed by atoms with Gasteiger partial charge >= 0.3 is 5.69 Å². The fraction of sp³-hybridized carbons (Fsp3) is 0.273. The number of H-pyrrole nitrogens is 1. The van der Waals surface area contributed by atoms with Crippen LogP contribution in [0.25, 0.3) is 21.9 Å². The zero-order valence-electron chi connectivity index (χ0n) is 17.2. The average molecular weight is 405 g/mol. The van der Waals surface area contributed by atoms with Gasteiger partial charge in [-0.25, -0.2) is 9.78 Å². The van der Waals surface area contributed by atoms with E-state index in [-0.39, 0.29) is 23.4 Å². The predicted octanol–water partition coefficient (Wildman–Crippen LogP) is 2.25. The summed E-state index contributed by atoms with van der Waals surface area (Å²) < 4.78 is 2.36. The molecule has 2 N–H and O–H groups in total. The van der Waals surface area contributed by atoms with Crippen molar-refractivity contribution in [2.45, 2.75) is 26.2 Å². The maximum atomic E-state index is 12.9. The molecule has 30 heavy (non-hydrogen) atoms. The van der Waals surface area contributed by atoms with Crippen LogP contribution in [0, 0.1) is 0 Å². The molecule has 0 saturated heterocycles.